The number of para-hydroxylation sites is 1. The second kappa shape index (κ2) is 3.11. The van der Waals surface area contributed by atoms with Gasteiger partial charge in [0.15, 0.2) is 0 Å². The van der Waals surface area contributed by atoms with E-state index >= 15 is 0 Å². The first-order valence-corrected chi connectivity index (χ1v) is 5.43. The summed E-state index contributed by atoms with van der Waals surface area (Å²) >= 11 is 6.10. The second-order valence-electron chi connectivity index (χ2n) is 3.96. The molecule has 0 fully saturated rings. The monoisotopic (exact) mass is 219 g/mol. The van der Waals surface area contributed by atoms with Crippen LogP contribution in [0.15, 0.2) is 18.2 Å². The summed E-state index contributed by atoms with van der Waals surface area (Å²) in [5.41, 5.74) is 3.29. The number of benzene rings is 1. The number of hydrogen-bond donors (Lipinski definition) is 1. The molecule has 0 atom stereocenters. The van der Waals surface area contributed by atoms with Gasteiger partial charge in [0.2, 0.25) is 0 Å². The first-order chi connectivity index (χ1) is 7.25. The number of aryl methyl sites for hydroxylation is 1. The molecule has 0 unspecified atom stereocenters. The third-order valence-corrected chi connectivity index (χ3v) is 3.32. The smallest absolute Gasteiger partial charge is 0.137 e. The Balaban J connectivity index is 2.33. The van der Waals surface area contributed by atoms with Crippen molar-refractivity contribution < 1.29 is 4.79 Å². The summed E-state index contributed by atoms with van der Waals surface area (Å²) in [6.07, 6.45) is 2.02. The molecule has 2 nitrogen and oxygen atoms in total. The van der Waals surface area contributed by atoms with Crippen LogP contribution in [0.3, 0.4) is 0 Å². The number of fused-ring (bicyclic) bond motifs is 3. The van der Waals surface area contributed by atoms with E-state index in [4.69, 9.17) is 11.6 Å². The largest absolute Gasteiger partial charge is 0.357 e. The number of hydrogen-bond acceptors (Lipinski definition) is 1. The minimum absolute atomic E-state index is 0.323. The van der Waals surface area contributed by atoms with Crippen LogP contribution >= 0.6 is 11.6 Å². The van der Waals surface area contributed by atoms with Crippen molar-refractivity contribution in [2.45, 2.75) is 19.3 Å². The summed E-state index contributed by atoms with van der Waals surface area (Å²) in [5.74, 6) is 0.323. The summed E-state index contributed by atoms with van der Waals surface area (Å²) in [4.78, 5) is 14.7. The third kappa shape index (κ3) is 1.29. The van der Waals surface area contributed by atoms with E-state index in [0.29, 0.717) is 18.6 Å². The van der Waals surface area contributed by atoms with Crippen molar-refractivity contribution in [3.63, 3.8) is 0 Å². The van der Waals surface area contributed by atoms with Crippen molar-refractivity contribution in [1.29, 1.82) is 0 Å². The fraction of sp³-hybridized carbons (Fsp3) is 0.250. The van der Waals surface area contributed by atoms with Gasteiger partial charge in [-0.3, -0.25) is 4.79 Å². The Bertz CT molecular complexity index is 556. The Morgan fingerprint density at radius 3 is 3.00 bits per heavy atom. The highest BCUT2D eigenvalue weighted by molar-refractivity contribution is 6.35. The average molecular weight is 220 g/mol. The van der Waals surface area contributed by atoms with Gasteiger partial charge in [0.1, 0.15) is 5.78 Å². The standard InChI is InChI=1S/C12H10ClNO/c13-10-3-1-2-8-9-6-7(15)4-5-11(9)14-12(8)10/h1-3,14H,4-6H2. The normalized spacial score (nSPS) is 15.7. The molecule has 1 N–H and O–H groups in total. The number of ketones is 1. The van der Waals surface area contributed by atoms with Crippen LogP contribution in [0.4, 0.5) is 0 Å². The lowest BCUT2D eigenvalue weighted by Crippen LogP contribution is -2.11. The molecule has 0 radical (unpaired) electrons. The van der Waals surface area contributed by atoms with E-state index in [1.165, 1.54) is 5.69 Å². The maximum atomic E-state index is 11.4. The predicted octanol–water partition coefficient (Wildman–Crippen LogP) is 2.88. The highest BCUT2D eigenvalue weighted by Gasteiger charge is 2.20. The zero-order valence-corrected chi connectivity index (χ0v) is 8.90. The fourth-order valence-electron chi connectivity index (χ4n) is 2.26. The minimum atomic E-state index is 0.323. The number of aromatic nitrogens is 1. The van der Waals surface area contributed by atoms with Gasteiger partial charge < -0.3 is 4.98 Å². The van der Waals surface area contributed by atoms with Gasteiger partial charge in [-0.05, 0) is 18.1 Å². The van der Waals surface area contributed by atoms with E-state index in [-0.39, 0.29) is 0 Å². The Hall–Kier alpha value is -1.28. The summed E-state index contributed by atoms with van der Waals surface area (Å²) in [6, 6.07) is 5.82. The Labute approximate surface area is 92.2 Å². The van der Waals surface area contributed by atoms with Crippen LogP contribution in [0.2, 0.25) is 5.02 Å². The molecule has 3 rings (SSSR count). The molecule has 0 amide bonds. The summed E-state index contributed by atoms with van der Waals surface area (Å²) < 4.78 is 0. The minimum Gasteiger partial charge on any atom is -0.357 e. The van der Waals surface area contributed by atoms with Crippen molar-refractivity contribution in [2.24, 2.45) is 0 Å². The summed E-state index contributed by atoms with van der Waals surface area (Å²) in [6.45, 7) is 0. The first kappa shape index (κ1) is 8.98. The number of halogens is 1. The zero-order chi connectivity index (χ0) is 10.4. The van der Waals surface area contributed by atoms with Crippen LogP contribution in [-0.2, 0) is 17.6 Å². The Morgan fingerprint density at radius 1 is 1.27 bits per heavy atom. The van der Waals surface area contributed by atoms with Crippen LogP contribution in [-0.4, -0.2) is 10.8 Å². The molecule has 1 aliphatic rings. The van der Waals surface area contributed by atoms with Crippen LogP contribution in [0.5, 0.6) is 0 Å². The lowest BCUT2D eigenvalue weighted by atomic mass is 9.95. The number of nitrogens with one attached hydrogen (secondary N) is 1. The van der Waals surface area contributed by atoms with E-state index in [1.54, 1.807) is 0 Å². The van der Waals surface area contributed by atoms with Crippen molar-refractivity contribution in [1.82, 2.24) is 4.98 Å². The maximum Gasteiger partial charge on any atom is 0.137 e. The number of rotatable bonds is 0. The van der Waals surface area contributed by atoms with Gasteiger partial charge in [-0.25, -0.2) is 0 Å². The number of carbonyl (C=O) groups excluding carboxylic acids is 1. The van der Waals surface area contributed by atoms with E-state index in [2.05, 4.69) is 4.98 Å². The van der Waals surface area contributed by atoms with Gasteiger partial charge in [-0.1, -0.05) is 23.7 Å². The molecule has 1 aromatic carbocycles. The molecular formula is C12H10ClNO. The van der Waals surface area contributed by atoms with E-state index in [9.17, 15) is 4.79 Å². The van der Waals surface area contributed by atoms with Crippen LogP contribution in [0.25, 0.3) is 10.9 Å². The van der Waals surface area contributed by atoms with Crippen molar-refractivity contribution >= 4 is 28.3 Å². The molecule has 0 saturated heterocycles. The zero-order valence-electron chi connectivity index (χ0n) is 8.14. The maximum absolute atomic E-state index is 11.4. The van der Waals surface area contributed by atoms with E-state index < -0.39 is 0 Å². The number of H-pyrrole nitrogens is 1. The van der Waals surface area contributed by atoms with Gasteiger partial charge in [0.25, 0.3) is 0 Å². The van der Waals surface area contributed by atoms with Crippen molar-refractivity contribution in [3.05, 3.63) is 34.5 Å². The first-order valence-electron chi connectivity index (χ1n) is 5.05. The number of Topliss-reactive ketones (excluding diaryl/α,β-unsaturated/α-hetero) is 1. The molecule has 15 heavy (non-hydrogen) atoms. The molecule has 2 aromatic rings. The lowest BCUT2D eigenvalue weighted by Gasteiger charge is -2.09. The van der Waals surface area contributed by atoms with Crippen molar-refractivity contribution in [3.8, 4) is 0 Å². The summed E-state index contributed by atoms with van der Waals surface area (Å²) in [7, 11) is 0. The highest BCUT2D eigenvalue weighted by Crippen LogP contribution is 2.31. The van der Waals surface area contributed by atoms with E-state index in [0.717, 1.165) is 27.9 Å². The predicted molar refractivity (Wildman–Crippen MR) is 60.3 cm³/mol. The van der Waals surface area contributed by atoms with E-state index in [1.807, 2.05) is 18.2 Å². The molecule has 3 heteroatoms. The molecule has 1 heterocycles. The topological polar surface area (TPSA) is 32.9 Å². The van der Waals surface area contributed by atoms with Gasteiger partial charge in [-0.2, -0.15) is 0 Å². The molecule has 0 bridgehead atoms. The number of aromatic amines is 1. The molecule has 1 aliphatic carbocycles. The second-order valence-corrected chi connectivity index (χ2v) is 4.37. The summed E-state index contributed by atoms with van der Waals surface area (Å²) in [5, 5.41) is 1.83. The Morgan fingerprint density at radius 2 is 2.13 bits per heavy atom. The highest BCUT2D eigenvalue weighted by atomic mass is 35.5. The van der Waals surface area contributed by atoms with Gasteiger partial charge in [0.05, 0.1) is 10.5 Å². The molecule has 1 aromatic heterocycles. The SMILES string of the molecule is O=C1CCc2[nH]c3c(Cl)cccc3c2C1. The van der Waals surface area contributed by atoms with Crippen LogP contribution in [0, 0.1) is 0 Å². The quantitative estimate of drug-likeness (QED) is 0.726. The van der Waals surface area contributed by atoms with Gasteiger partial charge >= 0.3 is 0 Å². The Kier molecular flexibility index (Phi) is 1.86. The van der Waals surface area contributed by atoms with Crippen LogP contribution < -0.4 is 0 Å². The third-order valence-electron chi connectivity index (χ3n) is 3.01. The van der Waals surface area contributed by atoms with Crippen LogP contribution in [0.1, 0.15) is 17.7 Å². The molecule has 76 valence electrons. The molecular weight excluding hydrogens is 210 g/mol. The lowest BCUT2D eigenvalue weighted by molar-refractivity contribution is -0.118. The van der Waals surface area contributed by atoms with Gasteiger partial charge in [-0.15, -0.1) is 0 Å². The molecule has 0 spiro atoms. The molecule has 0 saturated carbocycles. The number of carbonyl (C=O) groups is 1. The van der Waals surface area contributed by atoms with Crippen molar-refractivity contribution in [2.75, 3.05) is 0 Å². The molecule has 0 aliphatic heterocycles. The van der Waals surface area contributed by atoms with Gasteiger partial charge in [0, 0.05) is 23.9 Å². The fourth-order valence-corrected chi connectivity index (χ4v) is 2.48. The average Bonchev–Trinajstić information content (AvgIpc) is 2.58.